The number of pyridine rings is 2. The Kier molecular flexibility index (Phi) is 6.23. The number of aromatic nitrogens is 6. The van der Waals surface area contributed by atoms with Crippen molar-refractivity contribution in [1.29, 1.82) is 0 Å². The number of carbonyl (C=O) groups is 1. The molecule has 1 N–H and O–H groups in total. The molecule has 0 bridgehead atoms. The van der Waals surface area contributed by atoms with Gasteiger partial charge in [-0.05, 0) is 51.5 Å². The van der Waals surface area contributed by atoms with Crippen LogP contribution in [0.15, 0.2) is 30.6 Å². The van der Waals surface area contributed by atoms with Gasteiger partial charge in [0.1, 0.15) is 18.2 Å². The van der Waals surface area contributed by atoms with Crippen LogP contribution in [0.25, 0.3) is 22.4 Å². The van der Waals surface area contributed by atoms with Gasteiger partial charge in [-0.2, -0.15) is 0 Å². The number of fused-ring (bicyclic) bond motifs is 1. The molecular formula is C25H28N8O3. The first-order chi connectivity index (χ1) is 17.4. The third kappa shape index (κ3) is 4.33. The molecule has 5 heterocycles. The Morgan fingerprint density at radius 2 is 1.94 bits per heavy atom. The SMILES string of the molecule is COc1nc(-c2nc(Nc3ccc(N4CCOCC4=O)cn3)ncc2C)cc2c1nc(C)n2C(C)C. The van der Waals surface area contributed by atoms with E-state index in [0.717, 1.165) is 28.1 Å². The molecular weight excluding hydrogens is 460 g/mol. The van der Waals surface area contributed by atoms with Crippen LogP contribution in [0.4, 0.5) is 17.5 Å². The van der Waals surface area contributed by atoms with Crippen molar-refractivity contribution in [2.75, 3.05) is 37.1 Å². The zero-order valence-corrected chi connectivity index (χ0v) is 20.9. The highest BCUT2D eigenvalue weighted by Gasteiger charge is 2.21. The summed E-state index contributed by atoms with van der Waals surface area (Å²) >= 11 is 0. The first-order valence-corrected chi connectivity index (χ1v) is 11.7. The molecule has 1 aliphatic heterocycles. The van der Waals surface area contributed by atoms with Crippen LogP contribution >= 0.6 is 0 Å². The first kappa shape index (κ1) is 23.6. The van der Waals surface area contributed by atoms with E-state index >= 15 is 0 Å². The van der Waals surface area contributed by atoms with Gasteiger partial charge >= 0.3 is 0 Å². The topological polar surface area (TPSA) is 120 Å². The number of nitrogens with zero attached hydrogens (tertiary/aromatic N) is 7. The highest BCUT2D eigenvalue weighted by atomic mass is 16.5. The zero-order chi connectivity index (χ0) is 25.4. The van der Waals surface area contributed by atoms with Crippen molar-refractivity contribution in [3.63, 3.8) is 0 Å². The van der Waals surface area contributed by atoms with Gasteiger partial charge in [-0.1, -0.05) is 0 Å². The van der Waals surface area contributed by atoms with E-state index in [2.05, 4.69) is 38.7 Å². The summed E-state index contributed by atoms with van der Waals surface area (Å²) in [6.07, 6.45) is 3.39. The maximum atomic E-state index is 12.1. The van der Waals surface area contributed by atoms with Crippen LogP contribution in [0.5, 0.6) is 5.88 Å². The molecule has 0 aliphatic carbocycles. The van der Waals surface area contributed by atoms with Gasteiger partial charge in [-0.3, -0.25) is 4.79 Å². The molecule has 0 saturated carbocycles. The summed E-state index contributed by atoms with van der Waals surface area (Å²) < 4.78 is 12.9. The number of hydrogen-bond donors (Lipinski definition) is 1. The molecule has 1 amide bonds. The quantitative estimate of drug-likeness (QED) is 0.434. The number of aryl methyl sites for hydroxylation is 2. The molecule has 4 aromatic heterocycles. The van der Waals surface area contributed by atoms with Crippen LogP contribution in [0.3, 0.4) is 0 Å². The monoisotopic (exact) mass is 488 g/mol. The maximum absolute atomic E-state index is 12.1. The van der Waals surface area contributed by atoms with E-state index < -0.39 is 0 Å². The number of nitrogens with one attached hydrogen (secondary N) is 1. The summed E-state index contributed by atoms with van der Waals surface area (Å²) in [6.45, 7) is 9.25. The maximum Gasteiger partial charge on any atom is 0.253 e. The molecule has 1 aliphatic rings. The lowest BCUT2D eigenvalue weighted by Gasteiger charge is -2.26. The molecule has 11 heteroatoms. The molecule has 0 radical (unpaired) electrons. The van der Waals surface area contributed by atoms with Gasteiger partial charge < -0.3 is 24.3 Å². The number of carbonyl (C=O) groups excluding carboxylic acids is 1. The Bertz CT molecular complexity index is 1430. The second kappa shape index (κ2) is 9.50. The number of morpholine rings is 1. The second-order valence-corrected chi connectivity index (χ2v) is 8.86. The second-order valence-electron chi connectivity index (χ2n) is 8.86. The van der Waals surface area contributed by atoms with Crippen molar-refractivity contribution in [1.82, 2.24) is 29.5 Å². The Morgan fingerprint density at radius 3 is 2.64 bits per heavy atom. The van der Waals surface area contributed by atoms with E-state index in [1.807, 2.05) is 26.0 Å². The fraction of sp³-hybridized carbons (Fsp3) is 0.360. The smallest absolute Gasteiger partial charge is 0.253 e. The predicted molar refractivity (Wildman–Crippen MR) is 136 cm³/mol. The number of methoxy groups -OCH3 is 1. The molecule has 11 nitrogen and oxygen atoms in total. The Morgan fingerprint density at radius 1 is 1.11 bits per heavy atom. The van der Waals surface area contributed by atoms with Gasteiger partial charge in [0, 0.05) is 18.8 Å². The van der Waals surface area contributed by atoms with E-state index in [1.54, 1.807) is 30.5 Å². The lowest BCUT2D eigenvalue weighted by atomic mass is 10.1. The van der Waals surface area contributed by atoms with Gasteiger partial charge in [0.05, 0.1) is 42.5 Å². The van der Waals surface area contributed by atoms with E-state index in [4.69, 9.17) is 19.4 Å². The third-order valence-electron chi connectivity index (χ3n) is 6.03. The molecule has 0 aromatic carbocycles. The third-order valence-corrected chi connectivity index (χ3v) is 6.03. The standard InChI is InChI=1S/C25H28N8O3/c1-14(2)33-16(4)28-23-19(33)10-18(29-24(23)35-5)22-15(3)11-27-25(31-22)30-20-7-6-17(12-26-20)32-8-9-36-13-21(32)34/h6-7,10-12,14H,8-9,13H2,1-5H3,(H,26,27,30,31). The van der Waals surface area contributed by atoms with Gasteiger partial charge in [0.15, 0.2) is 5.52 Å². The van der Waals surface area contributed by atoms with Gasteiger partial charge in [-0.15, -0.1) is 0 Å². The predicted octanol–water partition coefficient (Wildman–Crippen LogP) is 3.60. The highest BCUT2D eigenvalue weighted by Crippen LogP contribution is 2.32. The van der Waals surface area contributed by atoms with Gasteiger partial charge in [-0.25, -0.2) is 24.9 Å². The van der Waals surface area contributed by atoms with Crippen LogP contribution in [0, 0.1) is 13.8 Å². The first-order valence-electron chi connectivity index (χ1n) is 11.7. The molecule has 1 saturated heterocycles. The number of imidazole rings is 1. The molecule has 4 aromatic rings. The van der Waals surface area contributed by atoms with Crippen molar-refractivity contribution in [2.24, 2.45) is 0 Å². The highest BCUT2D eigenvalue weighted by molar-refractivity contribution is 5.94. The van der Waals surface area contributed by atoms with Crippen molar-refractivity contribution >= 4 is 34.4 Å². The fourth-order valence-electron chi connectivity index (χ4n) is 4.38. The van der Waals surface area contributed by atoms with E-state index in [1.165, 1.54) is 0 Å². The number of anilines is 3. The fourth-order valence-corrected chi connectivity index (χ4v) is 4.38. The molecule has 186 valence electrons. The molecule has 1 fully saturated rings. The number of ether oxygens (including phenoxy) is 2. The largest absolute Gasteiger partial charge is 0.479 e. The summed E-state index contributed by atoms with van der Waals surface area (Å²) in [4.78, 5) is 36.7. The zero-order valence-electron chi connectivity index (χ0n) is 20.9. The molecule has 5 rings (SSSR count). The minimum atomic E-state index is -0.0795. The summed E-state index contributed by atoms with van der Waals surface area (Å²) in [5.41, 5.74) is 4.60. The van der Waals surface area contributed by atoms with Gasteiger partial charge in [0.25, 0.3) is 5.91 Å². The van der Waals surface area contributed by atoms with Crippen LogP contribution in [0.2, 0.25) is 0 Å². The summed E-state index contributed by atoms with van der Waals surface area (Å²) in [5.74, 6) is 2.21. The summed E-state index contributed by atoms with van der Waals surface area (Å²) in [5, 5.41) is 3.14. The van der Waals surface area contributed by atoms with Crippen molar-refractivity contribution in [3.05, 3.63) is 42.0 Å². The number of amides is 1. The summed E-state index contributed by atoms with van der Waals surface area (Å²) in [7, 11) is 1.59. The van der Waals surface area contributed by atoms with Crippen LogP contribution in [-0.2, 0) is 9.53 Å². The molecule has 0 spiro atoms. The minimum absolute atomic E-state index is 0.0795. The minimum Gasteiger partial charge on any atom is -0.479 e. The summed E-state index contributed by atoms with van der Waals surface area (Å²) in [6, 6.07) is 5.84. The van der Waals surface area contributed by atoms with Crippen LogP contribution < -0.4 is 15.0 Å². The Labute approximate surface area is 208 Å². The van der Waals surface area contributed by atoms with Crippen LogP contribution in [0.1, 0.15) is 31.3 Å². The molecule has 0 atom stereocenters. The lowest BCUT2D eigenvalue weighted by molar-refractivity contribution is -0.125. The van der Waals surface area contributed by atoms with Gasteiger partial charge in [0.2, 0.25) is 11.8 Å². The Balaban J connectivity index is 1.47. The van der Waals surface area contributed by atoms with Crippen molar-refractivity contribution in [2.45, 2.75) is 33.7 Å². The average Bonchev–Trinajstić information content (AvgIpc) is 3.21. The number of hydrogen-bond acceptors (Lipinski definition) is 9. The van der Waals surface area contributed by atoms with E-state index in [0.29, 0.717) is 42.2 Å². The molecule has 0 unspecified atom stereocenters. The molecule has 36 heavy (non-hydrogen) atoms. The lowest BCUT2D eigenvalue weighted by Crippen LogP contribution is -2.41. The number of rotatable bonds is 6. The van der Waals surface area contributed by atoms with Crippen molar-refractivity contribution in [3.8, 4) is 17.3 Å². The van der Waals surface area contributed by atoms with Crippen molar-refractivity contribution < 1.29 is 14.3 Å². The Hall–Kier alpha value is -4.12. The van der Waals surface area contributed by atoms with E-state index in [9.17, 15) is 4.79 Å². The normalized spacial score (nSPS) is 14.1. The van der Waals surface area contributed by atoms with Crippen LogP contribution in [-0.4, -0.2) is 62.3 Å². The van der Waals surface area contributed by atoms with E-state index in [-0.39, 0.29) is 18.6 Å². The average molecular weight is 489 g/mol.